The standard InChI is InChI=1S/C21H29N3O2/c1-4-14-23-20(26)21(5-2,6-3)24(18-10-8-7-9-11-18)19(25)17-12-15-22-16-13-17/h4-5,12-13,15-16,18H,1-2,6-11,14H2,3H3,(H,23,26). The first kappa shape index (κ1) is 19.9. The normalized spacial score (nSPS) is 17.0. The number of rotatable bonds is 8. The smallest absolute Gasteiger partial charge is 0.255 e. The fraction of sp³-hybridized carbons (Fsp3) is 0.476. The number of hydrogen-bond acceptors (Lipinski definition) is 3. The van der Waals surface area contributed by atoms with Gasteiger partial charge in [-0.2, -0.15) is 0 Å². The number of hydrogen-bond donors (Lipinski definition) is 1. The van der Waals surface area contributed by atoms with Gasteiger partial charge in [-0.05, 0) is 31.4 Å². The molecule has 0 aromatic carbocycles. The molecule has 0 spiro atoms. The number of nitrogens with zero attached hydrogens (tertiary/aromatic N) is 2. The summed E-state index contributed by atoms with van der Waals surface area (Å²) in [6.07, 6.45) is 12.0. The van der Waals surface area contributed by atoms with Crippen molar-refractivity contribution < 1.29 is 9.59 Å². The van der Waals surface area contributed by atoms with Crippen molar-refractivity contribution in [3.63, 3.8) is 0 Å². The predicted molar refractivity (Wildman–Crippen MR) is 104 cm³/mol. The van der Waals surface area contributed by atoms with Crippen molar-refractivity contribution in [3.05, 3.63) is 55.4 Å². The predicted octanol–water partition coefficient (Wildman–Crippen LogP) is 3.49. The van der Waals surface area contributed by atoms with Crippen LogP contribution in [0.2, 0.25) is 0 Å². The van der Waals surface area contributed by atoms with Crippen LogP contribution < -0.4 is 5.32 Å². The molecule has 26 heavy (non-hydrogen) atoms. The van der Waals surface area contributed by atoms with Crippen molar-refractivity contribution in [2.45, 2.75) is 57.0 Å². The minimum Gasteiger partial charge on any atom is -0.350 e. The van der Waals surface area contributed by atoms with Gasteiger partial charge in [0.1, 0.15) is 5.54 Å². The lowest BCUT2D eigenvalue weighted by Crippen LogP contribution is -2.62. The average molecular weight is 355 g/mol. The van der Waals surface area contributed by atoms with Gasteiger partial charge in [0.15, 0.2) is 0 Å². The first-order valence-corrected chi connectivity index (χ1v) is 9.37. The molecule has 2 amide bonds. The van der Waals surface area contributed by atoms with Gasteiger partial charge in [0.2, 0.25) is 5.91 Å². The molecule has 1 aromatic rings. The van der Waals surface area contributed by atoms with Gasteiger partial charge in [-0.1, -0.05) is 38.3 Å². The van der Waals surface area contributed by atoms with E-state index in [4.69, 9.17) is 0 Å². The van der Waals surface area contributed by atoms with Crippen molar-refractivity contribution in [1.29, 1.82) is 0 Å². The minimum absolute atomic E-state index is 0.0249. The van der Waals surface area contributed by atoms with Gasteiger partial charge in [0, 0.05) is 30.5 Å². The molecular formula is C21H29N3O2. The third-order valence-electron chi connectivity index (χ3n) is 5.19. The van der Waals surface area contributed by atoms with Crippen LogP contribution in [0.5, 0.6) is 0 Å². The molecular weight excluding hydrogens is 326 g/mol. The van der Waals surface area contributed by atoms with Crippen molar-refractivity contribution in [1.82, 2.24) is 15.2 Å². The second-order valence-electron chi connectivity index (χ2n) is 6.68. The Labute approximate surface area is 156 Å². The van der Waals surface area contributed by atoms with Gasteiger partial charge < -0.3 is 10.2 Å². The lowest BCUT2D eigenvalue weighted by molar-refractivity contribution is -0.131. The Morgan fingerprint density at radius 3 is 2.46 bits per heavy atom. The van der Waals surface area contributed by atoms with Crippen molar-refractivity contribution >= 4 is 11.8 Å². The molecule has 1 unspecified atom stereocenters. The van der Waals surface area contributed by atoms with E-state index >= 15 is 0 Å². The van der Waals surface area contributed by atoms with Crippen LogP contribution in [-0.4, -0.2) is 39.8 Å². The van der Waals surface area contributed by atoms with E-state index in [2.05, 4.69) is 23.5 Å². The van der Waals surface area contributed by atoms with Crippen LogP contribution in [0.3, 0.4) is 0 Å². The SMILES string of the molecule is C=CCNC(=O)C(C=C)(CC)N(C(=O)c1ccncc1)C1CCCCC1. The van der Waals surface area contributed by atoms with E-state index in [1.807, 2.05) is 6.92 Å². The van der Waals surface area contributed by atoms with Crippen LogP contribution in [0.25, 0.3) is 0 Å². The zero-order valence-electron chi connectivity index (χ0n) is 15.6. The largest absolute Gasteiger partial charge is 0.350 e. The highest BCUT2D eigenvalue weighted by molar-refractivity contribution is 6.00. The molecule has 1 aliphatic carbocycles. The lowest BCUT2D eigenvalue weighted by Gasteiger charge is -2.46. The summed E-state index contributed by atoms with van der Waals surface area (Å²) >= 11 is 0. The van der Waals surface area contributed by atoms with E-state index in [1.54, 1.807) is 41.6 Å². The summed E-state index contributed by atoms with van der Waals surface area (Å²) in [6, 6.07) is 3.42. The topological polar surface area (TPSA) is 62.3 Å². The number of amides is 2. The monoisotopic (exact) mass is 355 g/mol. The third kappa shape index (κ3) is 4.03. The molecule has 140 valence electrons. The van der Waals surface area contributed by atoms with Crippen molar-refractivity contribution in [3.8, 4) is 0 Å². The third-order valence-corrected chi connectivity index (χ3v) is 5.19. The summed E-state index contributed by atoms with van der Waals surface area (Å²) in [5, 5.41) is 2.87. The van der Waals surface area contributed by atoms with Gasteiger partial charge >= 0.3 is 0 Å². The van der Waals surface area contributed by atoms with Crippen LogP contribution in [0.4, 0.5) is 0 Å². The fourth-order valence-electron chi connectivity index (χ4n) is 3.74. The second kappa shape index (κ2) is 9.32. The highest BCUT2D eigenvalue weighted by Crippen LogP contribution is 2.33. The Bertz CT molecular complexity index is 638. The maximum absolute atomic E-state index is 13.4. The molecule has 0 aliphatic heterocycles. The number of carbonyl (C=O) groups excluding carboxylic acids is 2. The molecule has 1 fully saturated rings. The van der Waals surface area contributed by atoms with E-state index in [0.717, 1.165) is 25.7 Å². The van der Waals surface area contributed by atoms with Gasteiger partial charge in [-0.25, -0.2) is 0 Å². The summed E-state index contributed by atoms with van der Waals surface area (Å²) in [7, 11) is 0. The molecule has 2 rings (SSSR count). The summed E-state index contributed by atoms with van der Waals surface area (Å²) in [6.45, 7) is 9.87. The Morgan fingerprint density at radius 2 is 1.92 bits per heavy atom. The maximum atomic E-state index is 13.4. The summed E-state index contributed by atoms with van der Waals surface area (Å²) in [5.41, 5.74) is -0.535. The second-order valence-corrected chi connectivity index (χ2v) is 6.68. The maximum Gasteiger partial charge on any atom is 0.255 e. The number of nitrogens with one attached hydrogen (secondary N) is 1. The zero-order chi connectivity index (χ0) is 19.0. The molecule has 5 heteroatoms. The molecule has 1 aliphatic rings. The van der Waals surface area contributed by atoms with Crippen LogP contribution in [0.15, 0.2) is 49.8 Å². The Kier molecular flexibility index (Phi) is 7.13. The number of carbonyl (C=O) groups is 2. The van der Waals surface area contributed by atoms with Crippen molar-refractivity contribution in [2.24, 2.45) is 0 Å². The van der Waals surface area contributed by atoms with E-state index in [-0.39, 0.29) is 17.9 Å². The first-order valence-electron chi connectivity index (χ1n) is 9.37. The van der Waals surface area contributed by atoms with Crippen LogP contribution >= 0.6 is 0 Å². The summed E-state index contributed by atoms with van der Waals surface area (Å²) < 4.78 is 0. The molecule has 0 radical (unpaired) electrons. The fourth-order valence-corrected chi connectivity index (χ4v) is 3.74. The highest BCUT2D eigenvalue weighted by Gasteiger charge is 2.46. The molecule has 1 heterocycles. The minimum atomic E-state index is -1.08. The van der Waals surface area contributed by atoms with E-state index in [0.29, 0.717) is 18.5 Å². The van der Waals surface area contributed by atoms with Gasteiger partial charge in [0.05, 0.1) is 0 Å². The summed E-state index contributed by atoms with van der Waals surface area (Å²) in [4.78, 5) is 32.3. The van der Waals surface area contributed by atoms with Gasteiger partial charge in [0.25, 0.3) is 5.91 Å². The molecule has 1 atom stereocenters. The van der Waals surface area contributed by atoms with Crippen LogP contribution in [-0.2, 0) is 4.79 Å². The van der Waals surface area contributed by atoms with E-state index < -0.39 is 5.54 Å². The van der Waals surface area contributed by atoms with Crippen LogP contribution in [0.1, 0.15) is 55.8 Å². The molecule has 0 saturated heterocycles. The van der Waals surface area contributed by atoms with Gasteiger partial charge in [-0.15, -0.1) is 13.2 Å². The average Bonchev–Trinajstić information content (AvgIpc) is 2.71. The first-order chi connectivity index (χ1) is 12.6. The number of pyridine rings is 1. The van der Waals surface area contributed by atoms with Crippen LogP contribution in [0, 0.1) is 0 Å². The highest BCUT2D eigenvalue weighted by atomic mass is 16.2. The molecule has 1 N–H and O–H groups in total. The Balaban J connectivity index is 2.48. The summed E-state index contributed by atoms with van der Waals surface area (Å²) in [5.74, 6) is -0.349. The lowest BCUT2D eigenvalue weighted by atomic mass is 9.85. The molecule has 1 saturated carbocycles. The van der Waals surface area contributed by atoms with E-state index in [9.17, 15) is 9.59 Å². The quantitative estimate of drug-likeness (QED) is 0.726. The zero-order valence-corrected chi connectivity index (χ0v) is 15.6. The van der Waals surface area contributed by atoms with E-state index in [1.165, 1.54) is 6.42 Å². The molecule has 5 nitrogen and oxygen atoms in total. The molecule has 0 bridgehead atoms. The Morgan fingerprint density at radius 1 is 1.27 bits per heavy atom. The van der Waals surface area contributed by atoms with Gasteiger partial charge in [-0.3, -0.25) is 14.6 Å². The Hall–Kier alpha value is -2.43. The number of aromatic nitrogens is 1. The molecule has 1 aromatic heterocycles. The van der Waals surface area contributed by atoms with Crippen molar-refractivity contribution in [2.75, 3.05) is 6.54 Å².